The number of carbonyl (C=O) groups is 1. The quantitative estimate of drug-likeness (QED) is 0.821. The number of aromatic hydroxyl groups is 1. The van der Waals surface area contributed by atoms with Crippen LogP contribution in [0.3, 0.4) is 0 Å². The van der Waals surface area contributed by atoms with Crippen molar-refractivity contribution in [2.24, 2.45) is 5.41 Å². The van der Waals surface area contributed by atoms with Gasteiger partial charge in [0, 0.05) is 17.4 Å². The Balaban J connectivity index is 2.71. The van der Waals surface area contributed by atoms with Crippen LogP contribution in [-0.4, -0.2) is 30.0 Å². The molecule has 0 saturated carbocycles. The average Bonchev–Trinajstić information content (AvgIpc) is 2.36. The van der Waals surface area contributed by atoms with Gasteiger partial charge in [-0.25, -0.2) is 0 Å². The van der Waals surface area contributed by atoms with E-state index in [1.807, 2.05) is 13.8 Å². The molecule has 0 saturated heterocycles. The molecule has 0 aliphatic heterocycles. The number of hydrogen-bond donors (Lipinski definition) is 2. The van der Waals surface area contributed by atoms with Gasteiger partial charge in [0.25, 0.3) is 5.91 Å². The van der Waals surface area contributed by atoms with Gasteiger partial charge in [0.05, 0.1) is 7.11 Å². The SMILES string of the molecule is COc1ccc(C(=O)NCC(C)(C)CBr)cc1O. The molecular weight excluding hydrogens is 298 g/mol. The van der Waals surface area contributed by atoms with Crippen molar-refractivity contribution >= 4 is 21.8 Å². The molecule has 0 fully saturated rings. The highest BCUT2D eigenvalue weighted by atomic mass is 79.9. The van der Waals surface area contributed by atoms with Crippen LogP contribution in [0.1, 0.15) is 24.2 Å². The van der Waals surface area contributed by atoms with Crippen molar-refractivity contribution in [3.05, 3.63) is 23.8 Å². The van der Waals surface area contributed by atoms with E-state index in [1.165, 1.54) is 13.2 Å². The van der Waals surface area contributed by atoms with Crippen LogP contribution in [0.4, 0.5) is 0 Å². The summed E-state index contributed by atoms with van der Waals surface area (Å²) >= 11 is 3.40. The van der Waals surface area contributed by atoms with Crippen LogP contribution in [0.2, 0.25) is 0 Å². The van der Waals surface area contributed by atoms with Gasteiger partial charge in [-0.2, -0.15) is 0 Å². The van der Waals surface area contributed by atoms with E-state index in [0.29, 0.717) is 17.9 Å². The molecule has 0 aromatic heterocycles. The molecule has 0 bridgehead atoms. The van der Waals surface area contributed by atoms with Gasteiger partial charge in [-0.05, 0) is 23.6 Å². The molecule has 5 heteroatoms. The van der Waals surface area contributed by atoms with Crippen LogP contribution in [0.15, 0.2) is 18.2 Å². The highest BCUT2D eigenvalue weighted by molar-refractivity contribution is 9.09. The lowest BCUT2D eigenvalue weighted by atomic mass is 9.97. The van der Waals surface area contributed by atoms with Gasteiger partial charge in [0.15, 0.2) is 11.5 Å². The molecule has 1 aromatic rings. The Morgan fingerprint density at radius 3 is 2.67 bits per heavy atom. The van der Waals surface area contributed by atoms with Gasteiger partial charge in [-0.3, -0.25) is 4.79 Å². The molecule has 1 aromatic carbocycles. The van der Waals surface area contributed by atoms with E-state index in [0.717, 1.165) is 5.33 Å². The number of hydrogen-bond acceptors (Lipinski definition) is 3. The first-order valence-corrected chi connectivity index (χ1v) is 6.73. The predicted molar refractivity (Wildman–Crippen MR) is 74.6 cm³/mol. The predicted octanol–water partition coefficient (Wildman–Crippen LogP) is 2.55. The minimum atomic E-state index is -0.207. The van der Waals surface area contributed by atoms with Crippen LogP contribution < -0.4 is 10.1 Å². The van der Waals surface area contributed by atoms with Gasteiger partial charge in [0.2, 0.25) is 0 Å². The van der Waals surface area contributed by atoms with E-state index in [2.05, 4.69) is 21.2 Å². The number of phenolic OH excluding ortho intramolecular Hbond substituents is 1. The maximum Gasteiger partial charge on any atom is 0.251 e. The Bertz CT molecular complexity index is 432. The maximum absolute atomic E-state index is 11.9. The van der Waals surface area contributed by atoms with Crippen molar-refractivity contribution in [3.63, 3.8) is 0 Å². The Morgan fingerprint density at radius 1 is 1.50 bits per heavy atom. The second-order valence-corrected chi connectivity index (χ2v) is 5.43. The van der Waals surface area contributed by atoms with E-state index in [1.54, 1.807) is 12.1 Å². The molecule has 0 aliphatic carbocycles. The summed E-state index contributed by atoms with van der Waals surface area (Å²) < 4.78 is 4.92. The molecule has 18 heavy (non-hydrogen) atoms. The molecule has 0 radical (unpaired) electrons. The highest BCUT2D eigenvalue weighted by Crippen LogP contribution is 2.26. The first-order chi connectivity index (χ1) is 8.39. The van der Waals surface area contributed by atoms with Crippen molar-refractivity contribution in [1.29, 1.82) is 0 Å². The number of phenols is 1. The Morgan fingerprint density at radius 2 is 2.17 bits per heavy atom. The van der Waals surface area contributed by atoms with Gasteiger partial charge in [-0.15, -0.1) is 0 Å². The van der Waals surface area contributed by atoms with Gasteiger partial charge >= 0.3 is 0 Å². The van der Waals surface area contributed by atoms with Crippen molar-refractivity contribution in [2.45, 2.75) is 13.8 Å². The van der Waals surface area contributed by atoms with Crippen molar-refractivity contribution in [3.8, 4) is 11.5 Å². The second-order valence-electron chi connectivity index (χ2n) is 4.87. The number of amides is 1. The summed E-state index contributed by atoms with van der Waals surface area (Å²) in [4.78, 5) is 11.9. The average molecular weight is 316 g/mol. The smallest absolute Gasteiger partial charge is 0.251 e. The zero-order chi connectivity index (χ0) is 13.8. The number of methoxy groups -OCH3 is 1. The third-order valence-corrected chi connectivity index (χ3v) is 4.05. The lowest BCUT2D eigenvalue weighted by Gasteiger charge is -2.21. The lowest BCUT2D eigenvalue weighted by Crippen LogP contribution is -2.34. The third kappa shape index (κ3) is 3.91. The number of alkyl halides is 1. The Labute approximate surface area is 115 Å². The molecule has 4 nitrogen and oxygen atoms in total. The Kier molecular flexibility index (Phi) is 5.02. The zero-order valence-electron chi connectivity index (χ0n) is 10.8. The number of ether oxygens (including phenoxy) is 1. The number of halogens is 1. The van der Waals surface area contributed by atoms with Crippen LogP contribution in [0, 0.1) is 5.41 Å². The van der Waals surface area contributed by atoms with Crippen molar-refractivity contribution < 1.29 is 14.6 Å². The fraction of sp³-hybridized carbons (Fsp3) is 0.462. The fourth-order valence-corrected chi connectivity index (χ4v) is 1.50. The summed E-state index contributed by atoms with van der Waals surface area (Å²) in [5.74, 6) is 0.110. The second kappa shape index (κ2) is 6.09. The maximum atomic E-state index is 11.9. The molecule has 2 N–H and O–H groups in total. The monoisotopic (exact) mass is 315 g/mol. The van der Waals surface area contributed by atoms with Crippen LogP contribution in [-0.2, 0) is 0 Å². The topological polar surface area (TPSA) is 58.6 Å². The standard InChI is InChI=1S/C13H18BrNO3/c1-13(2,7-14)8-15-12(17)9-4-5-11(18-3)10(16)6-9/h4-6,16H,7-8H2,1-3H3,(H,15,17). The fourth-order valence-electron chi connectivity index (χ4n) is 1.30. The van der Waals surface area contributed by atoms with Gasteiger partial charge < -0.3 is 15.2 Å². The van der Waals surface area contributed by atoms with E-state index in [9.17, 15) is 9.90 Å². The molecule has 1 amide bonds. The minimum Gasteiger partial charge on any atom is -0.504 e. The number of carbonyl (C=O) groups excluding carboxylic acids is 1. The summed E-state index contributed by atoms with van der Waals surface area (Å²) in [6.07, 6.45) is 0. The molecule has 0 aliphatic rings. The molecule has 0 spiro atoms. The molecule has 0 heterocycles. The largest absolute Gasteiger partial charge is 0.504 e. The van der Waals surface area contributed by atoms with Crippen molar-refractivity contribution in [1.82, 2.24) is 5.32 Å². The molecule has 100 valence electrons. The number of nitrogens with one attached hydrogen (secondary N) is 1. The van der Waals surface area contributed by atoms with Gasteiger partial charge in [0.1, 0.15) is 0 Å². The molecule has 1 rings (SSSR count). The lowest BCUT2D eigenvalue weighted by molar-refractivity contribution is 0.0939. The normalized spacial score (nSPS) is 11.1. The first kappa shape index (κ1) is 14.8. The van der Waals surface area contributed by atoms with E-state index < -0.39 is 0 Å². The van der Waals surface area contributed by atoms with E-state index in [-0.39, 0.29) is 17.1 Å². The minimum absolute atomic E-state index is 0.00975. The van der Waals surface area contributed by atoms with Gasteiger partial charge in [-0.1, -0.05) is 29.8 Å². The summed E-state index contributed by atoms with van der Waals surface area (Å²) in [5.41, 5.74) is 0.406. The molecule has 0 atom stereocenters. The van der Waals surface area contributed by atoms with Crippen LogP contribution >= 0.6 is 15.9 Å². The number of rotatable bonds is 5. The molecular formula is C13H18BrNO3. The summed E-state index contributed by atoms with van der Waals surface area (Å²) in [5, 5.41) is 13.2. The van der Waals surface area contributed by atoms with E-state index >= 15 is 0 Å². The van der Waals surface area contributed by atoms with Crippen molar-refractivity contribution in [2.75, 3.05) is 19.0 Å². The van der Waals surface area contributed by atoms with Crippen LogP contribution in [0.5, 0.6) is 11.5 Å². The highest BCUT2D eigenvalue weighted by Gasteiger charge is 2.18. The Hall–Kier alpha value is -1.23. The third-order valence-electron chi connectivity index (χ3n) is 2.53. The van der Waals surface area contributed by atoms with Crippen LogP contribution in [0.25, 0.3) is 0 Å². The molecule has 0 unspecified atom stereocenters. The summed E-state index contributed by atoms with van der Waals surface area (Å²) in [6, 6.07) is 4.59. The van der Waals surface area contributed by atoms with E-state index in [4.69, 9.17) is 4.74 Å². The summed E-state index contributed by atoms with van der Waals surface area (Å²) in [7, 11) is 1.47. The number of benzene rings is 1. The first-order valence-electron chi connectivity index (χ1n) is 5.61. The summed E-state index contributed by atoms with van der Waals surface area (Å²) in [6.45, 7) is 4.66. The zero-order valence-corrected chi connectivity index (χ0v) is 12.4.